The Labute approximate surface area is 75.6 Å². The van der Waals surface area contributed by atoms with E-state index in [0.29, 0.717) is 6.54 Å². The predicted octanol–water partition coefficient (Wildman–Crippen LogP) is 1.65. The van der Waals surface area contributed by atoms with Crippen molar-refractivity contribution in [3.05, 3.63) is 30.1 Å². The molecule has 1 aromatic heterocycles. The van der Waals surface area contributed by atoms with E-state index in [0.717, 1.165) is 5.69 Å². The second-order valence-corrected chi connectivity index (χ2v) is 2.95. The third kappa shape index (κ3) is 2.92. The van der Waals surface area contributed by atoms with Crippen LogP contribution in [0.25, 0.3) is 0 Å². The van der Waals surface area contributed by atoms with Gasteiger partial charge in [0, 0.05) is 6.20 Å². The summed E-state index contributed by atoms with van der Waals surface area (Å²) in [6.07, 6.45) is 3.45. The molecule has 0 radical (unpaired) electrons. The molecule has 0 fully saturated rings. The normalized spacial score (nSPS) is 9.42. The zero-order valence-corrected chi connectivity index (χ0v) is 7.60. The lowest BCUT2D eigenvalue weighted by atomic mass is 10.3. The summed E-state index contributed by atoms with van der Waals surface area (Å²) in [4.78, 5) is 14.9. The first-order valence-electron chi connectivity index (χ1n) is 3.54. The molecule has 3 nitrogen and oxygen atoms in total. The number of carbonyl (C=O) groups is 1. The molecule has 0 aliphatic rings. The fraction of sp³-hybridized carbons (Fsp3) is 0.250. The smallest absolute Gasteiger partial charge is 0.279 e. The summed E-state index contributed by atoms with van der Waals surface area (Å²) in [6, 6.07) is 5.62. The summed E-state index contributed by atoms with van der Waals surface area (Å²) in [6.45, 7) is 0.501. The fourth-order valence-electron chi connectivity index (χ4n) is 0.738. The predicted molar refractivity (Wildman–Crippen MR) is 50.0 cm³/mol. The van der Waals surface area contributed by atoms with E-state index in [1.165, 1.54) is 11.8 Å². The number of nitrogens with zero attached hydrogens (tertiary/aromatic N) is 1. The van der Waals surface area contributed by atoms with Crippen molar-refractivity contribution in [1.82, 2.24) is 10.3 Å². The number of pyridine rings is 1. The third-order valence-corrected chi connectivity index (χ3v) is 1.84. The maximum atomic E-state index is 10.8. The maximum Gasteiger partial charge on any atom is 0.279 e. The monoisotopic (exact) mass is 182 g/mol. The van der Waals surface area contributed by atoms with Crippen LogP contribution in [0.4, 0.5) is 4.79 Å². The van der Waals surface area contributed by atoms with Crippen LogP contribution < -0.4 is 5.32 Å². The van der Waals surface area contributed by atoms with Gasteiger partial charge in [-0.15, -0.1) is 0 Å². The molecule has 4 heteroatoms. The number of carbonyl (C=O) groups excluding carboxylic acids is 1. The Morgan fingerprint density at radius 1 is 1.67 bits per heavy atom. The van der Waals surface area contributed by atoms with Crippen LogP contribution in [-0.2, 0) is 6.54 Å². The highest BCUT2D eigenvalue weighted by molar-refractivity contribution is 8.12. The Balaban J connectivity index is 2.38. The zero-order valence-electron chi connectivity index (χ0n) is 6.78. The molecule has 64 valence electrons. The van der Waals surface area contributed by atoms with Crippen LogP contribution in [0.1, 0.15) is 5.69 Å². The average molecular weight is 182 g/mol. The maximum absolute atomic E-state index is 10.8. The highest BCUT2D eigenvalue weighted by Crippen LogP contribution is 1.96. The van der Waals surface area contributed by atoms with E-state index in [1.54, 1.807) is 12.5 Å². The minimum atomic E-state index is -0.0272. The Bertz CT molecular complexity index is 250. The van der Waals surface area contributed by atoms with Gasteiger partial charge in [-0.3, -0.25) is 9.78 Å². The lowest BCUT2D eigenvalue weighted by Gasteiger charge is -2.00. The first kappa shape index (κ1) is 9.06. The number of hydrogen-bond acceptors (Lipinski definition) is 3. The minimum absolute atomic E-state index is 0.0272. The van der Waals surface area contributed by atoms with Gasteiger partial charge in [0.15, 0.2) is 0 Å². The zero-order chi connectivity index (χ0) is 8.81. The molecule has 0 unspecified atom stereocenters. The number of aromatic nitrogens is 1. The summed E-state index contributed by atoms with van der Waals surface area (Å²) in [5, 5.41) is 2.68. The standard InChI is InChI=1S/C8H10N2OS/c1-12-8(11)10-6-7-4-2-3-5-9-7/h2-5H,6H2,1H3,(H,10,11). The second kappa shape index (κ2) is 4.77. The van der Waals surface area contributed by atoms with Gasteiger partial charge in [0.05, 0.1) is 12.2 Å². The molecule has 0 saturated heterocycles. The van der Waals surface area contributed by atoms with E-state index in [-0.39, 0.29) is 5.24 Å². The molecule has 0 aliphatic heterocycles. The highest BCUT2D eigenvalue weighted by atomic mass is 32.2. The molecular formula is C8H10N2OS. The molecule has 1 heterocycles. The Morgan fingerprint density at radius 2 is 2.50 bits per heavy atom. The van der Waals surface area contributed by atoms with Crippen LogP contribution in [0.15, 0.2) is 24.4 Å². The van der Waals surface area contributed by atoms with Crippen molar-refractivity contribution in [3.8, 4) is 0 Å². The molecular weight excluding hydrogens is 172 g/mol. The van der Waals surface area contributed by atoms with Gasteiger partial charge < -0.3 is 5.32 Å². The van der Waals surface area contributed by atoms with Crippen molar-refractivity contribution in [2.45, 2.75) is 6.54 Å². The largest absolute Gasteiger partial charge is 0.341 e. The summed E-state index contributed by atoms with van der Waals surface area (Å²) >= 11 is 1.17. The van der Waals surface area contributed by atoms with Gasteiger partial charge in [0.25, 0.3) is 5.24 Å². The number of amides is 1. The summed E-state index contributed by atoms with van der Waals surface area (Å²) < 4.78 is 0. The van der Waals surface area contributed by atoms with E-state index in [2.05, 4.69) is 10.3 Å². The topological polar surface area (TPSA) is 42.0 Å². The minimum Gasteiger partial charge on any atom is -0.341 e. The fourth-order valence-corrected chi connectivity index (χ4v) is 0.954. The molecule has 0 atom stereocenters. The van der Waals surface area contributed by atoms with Gasteiger partial charge in [0.1, 0.15) is 0 Å². The van der Waals surface area contributed by atoms with Crippen molar-refractivity contribution in [2.24, 2.45) is 0 Å². The van der Waals surface area contributed by atoms with E-state index in [1.807, 2.05) is 18.2 Å². The first-order chi connectivity index (χ1) is 5.83. The van der Waals surface area contributed by atoms with Crippen LogP contribution >= 0.6 is 11.8 Å². The molecule has 1 amide bonds. The highest BCUT2D eigenvalue weighted by Gasteiger charge is 1.97. The van der Waals surface area contributed by atoms with Crippen molar-refractivity contribution < 1.29 is 4.79 Å². The molecule has 1 rings (SSSR count). The number of thioether (sulfide) groups is 1. The van der Waals surface area contributed by atoms with E-state index in [4.69, 9.17) is 0 Å². The van der Waals surface area contributed by atoms with Crippen LogP contribution in [-0.4, -0.2) is 16.5 Å². The molecule has 12 heavy (non-hydrogen) atoms. The average Bonchev–Trinajstić information content (AvgIpc) is 2.16. The lowest BCUT2D eigenvalue weighted by molar-refractivity contribution is 0.260. The molecule has 1 N–H and O–H groups in total. The van der Waals surface area contributed by atoms with Gasteiger partial charge >= 0.3 is 0 Å². The van der Waals surface area contributed by atoms with Crippen LogP contribution in [0.3, 0.4) is 0 Å². The van der Waals surface area contributed by atoms with Gasteiger partial charge in [-0.25, -0.2) is 0 Å². The van der Waals surface area contributed by atoms with Crippen LogP contribution in [0, 0.1) is 0 Å². The molecule has 0 bridgehead atoms. The van der Waals surface area contributed by atoms with Crippen LogP contribution in [0.2, 0.25) is 0 Å². The molecule has 0 aromatic carbocycles. The number of hydrogen-bond donors (Lipinski definition) is 1. The van der Waals surface area contributed by atoms with Crippen molar-refractivity contribution in [1.29, 1.82) is 0 Å². The van der Waals surface area contributed by atoms with E-state index < -0.39 is 0 Å². The van der Waals surface area contributed by atoms with Gasteiger partial charge in [0.2, 0.25) is 0 Å². The summed E-state index contributed by atoms with van der Waals surface area (Å²) in [7, 11) is 0. The van der Waals surface area contributed by atoms with Crippen molar-refractivity contribution in [3.63, 3.8) is 0 Å². The quantitative estimate of drug-likeness (QED) is 0.756. The molecule has 0 saturated carbocycles. The number of rotatable bonds is 2. The summed E-state index contributed by atoms with van der Waals surface area (Å²) in [5.41, 5.74) is 0.875. The second-order valence-electron chi connectivity index (χ2n) is 2.17. The first-order valence-corrected chi connectivity index (χ1v) is 4.77. The van der Waals surface area contributed by atoms with Crippen molar-refractivity contribution >= 4 is 17.0 Å². The molecule has 0 aliphatic carbocycles. The third-order valence-electron chi connectivity index (χ3n) is 1.33. The van der Waals surface area contributed by atoms with Gasteiger partial charge in [-0.1, -0.05) is 17.8 Å². The summed E-state index contributed by atoms with van der Waals surface area (Å²) in [5.74, 6) is 0. The number of nitrogens with one attached hydrogen (secondary N) is 1. The Morgan fingerprint density at radius 3 is 3.08 bits per heavy atom. The lowest BCUT2D eigenvalue weighted by Crippen LogP contribution is -2.17. The van der Waals surface area contributed by atoms with Gasteiger partial charge in [-0.05, 0) is 18.4 Å². The SMILES string of the molecule is CSC(=O)NCc1ccccn1. The van der Waals surface area contributed by atoms with E-state index >= 15 is 0 Å². The van der Waals surface area contributed by atoms with E-state index in [9.17, 15) is 4.79 Å². The molecule has 1 aromatic rings. The Kier molecular flexibility index (Phi) is 3.60. The molecule has 0 spiro atoms. The van der Waals surface area contributed by atoms with Crippen LogP contribution in [0.5, 0.6) is 0 Å². The Hall–Kier alpha value is -1.03. The van der Waals surface area contributed by atoms with Crippen molar-refractivity contribution in [2.75, 3.05) is 6.26 Å². The van der Waals surface area contributed by atoms with Gasteiger partial charge in [-0.2, -0.15) is 0 Å².